The average molecular weight is 214 g/mol. The van der Waals surface area contributed by atoms with Gasteiger partial charge in [0, 0.05) is 6.20 Å². The van der Waals surface area contributed by atoms with Gasteiger partial charge in [0.2, 0.25) is 0 Å². The van der Waals surface area contributed by atoms with Gasteiger partial charge in [-0.15, -0.1) is 0 Å². The summed E-state index contributed by atoms with van der Waals surface area (Å²) in [7, 11) is 0. The number of aromatic nitrogens is 2. The van der Waals surface area contributed by atoms with Crippen LogP contribution in [-0.2, 0) is 5.41 Å². The van der Waals surface area contributed by atoms with E-state index in [2.05, 4.69) is 63.3 Å². The van der Waals surface area contributed by atoms with Crippen LogP contribution in [0.15, 0.2) is 36.7 Å². The molecule has 0 aliphatic rings. The molecule has 0 saturated carbocycles. The molecule has 1 aromatic carbocycles. The van der Waals surface area contributed by atoms with E-state index in [1.165, 1.54) is 16.8 Å². The van der Waals surface area contributed by atoms with Crippen molar-refractivity contribution in [3.05, 3.63) is 47.8 Å². The van der Waals surface area contributed by atoms with Crippen molar-refractivity contribution in [1.29, 1.82) is 0 Å². The van der Waals surface area contributed by atoms with Gasteiger partial charge in [-0.1, -0.05) is 39.0 Å². The third kappa shape index (κ3) is 2.01. The maximum Gasteiger partial charge on any atom is 0.0682 e. The summed E-state index contributed by atoms with van der Waals surface area (Å²) in [5, 5.41) is 4.38. The minimum absolute atomic E-state index is 0.135. The number of hydrogen-bond acceptors (Lipinski definition) is 1. The zero-order chi connectivity index (χ0) is 11.8. The van der Waals surface area contributed by atoms with Crippen LogP contribution in [0.3, 0.4) is 0 Å². The van der Waals surface area contributed by atoms with Crippen molar-refractivity contribution < 1.29 is 0 Å². The van der Waals surface area contributed by atoms with Crippen LogP contribution >= 0.6 is 0 Å². The Morgan fingerprint density at radius 2 is 1.81 bits per heavy atom. The lowest BCUT2D eigenvalue weighted by molar-refractivity contribution is 0.583. The number of hydrogen-bond donors (Lipinski definition) is 0. The van der Waals surface area contributed by atoms with Gasteiger partial charge in [0.1, 0.15) is 0 Å². The highest BCUT2D eigenvalue weighted by atomic mass is 15.3. The average Bonchev–Trinajstić information content (AvgIpc) is 2.64. The van der Waals surface area contributed by atoms with Crippen molar-refractivity contribution in [1.82, 2.24) is 9.78 Å². The summed E-state index contributed by atoms with van der Waals surface area (Å²) in [6.45, 7) is 8.73. The first kappa shape index (κ1) is 10.9. The molecule has 0 fully saturated rings. The van der Waals surface area contributed by atoms with Crippen molar-refractivity contribution in [2.75, 3.05) is 0 Å². The van der Waals surface area contributed by atoms with E-state index < -0.39 is 0 Å². The quantitative estimate of drug-likeness (QED) is 0.710. The maximum absolute atomic E-state index is 4.38. The Kier molecular flexibility index (Phi) is 2.58. The number of aryl methyl sites for hydroxylation is 1. The molecule has 2 nitrogen and oxygen atoms in total. The fraction of sp³-hybridized carbons (Fsp3) is 0.357. The van der Waals surface area contributed by atoms with E-state index in [0.29, 0.717) is 0 Å². The molecule has 0 aliphatic carbocycles. The maximum atomic E-state index is 4.38. The highest BCUT2D eigenvalue weighted by Crippen LogP contribution is 2.27. The highest BCUT2D eigenvalue weighted by molar-refractivity contribution is 5.44. The number of benzene rings is 1. The number of rotatable bonds is 1. The summed E-state index contributed by atoms with van der Waals surface area (Å²) >= 11 is 0. The van der Waals surface area contributed by atoms with Gasteiger partial charge in [0.25, 0.3) is 0 Å². The first-order valence-electron chi connectivity index (χ1n) is 5.59. The Labute approximate surface area is 96.9 Å². The molecule has 0 aliphatic heterocycles. The third-order valence-corrected chi connectivity index (χ3v) is 2.67. The van der Waals surface area contributed by atoms with Gasteiger partial charge in [-0.2, -0.15) is 5.10 Å². The van der Waals surface area contributed by atoms with Gasteiger partial charge in [-0.05, 0) is 29.5 Å². The van der Waals surface area contributed by atoms with Gasteiger partial charge in [0.05, 0.1) is 11.9 Å². The molecule has 0 spiro atoms. The van der Waals surface area contributed by atoms with E-state index in [-0.39, 0.29) is 5.41 Å². The van der Waals surface area contributed by atoms with E-state index in [4.69, 9.17) is 0 Å². The molecule has 2 aromatic rings. The lowest BCUT2D eigenvalue weighted by Crippen LogP contribution is -2.15. The van der Waals surface area contributed by atoms with Crippen LogP contribution in [-0.4, -0.2) is 9.78 Å². The molecular formula is C14H18N2. The van der Waals surface area contributed by atoms with Gasteiger partial charge in [-0.3, -0.25) is 0 Å². The molecule has 0 atom stereocenters. The summed E-state index contributed by atoms with van der Waals surface area (Å²) in [6.07, 6.45) is 3.95. The minimum Gasteiger partial charge on any atom is -0.240 e. The van der Waals surface area contributed by atoms with Crippen LogP contribution in [0.25, 0.3) is 5.69 Å². The smallest absolute Gasteiger partial charge is 0.0682 e. The fourth-order valence-electron chi connectivity index (χ4n) is 1.85. The fourth-order valence-corrected chi connectivity index (χ4v) is 1.85. The monoisotopic (exact) mass is 214 g/mol. The molecule has 0 N–H and O–H groups in total. The number of para-hydroxylation sites is 1. The van der Waals surface area contributed by atoms with Crippen molar-refractivity contribution in [3.63, 3.8) is 0 Å². The highest BCUT2D eigenvalue weighted by Gasteiger charge is 2.18. The molecular weight excluding hydrogens is 196 g/mol. The molecule has 16 heavy (non-hydrogen) atoms. The van der Waals surface area contributed by atoms with E-state index in [9.17, 15) is 0 Å². The van der Waals surface area contributed by atoms with Crippen LogP contribution in [0.4, 0.5) is 0 Å². The first-order valence-corrected chi connectivity index (χ1v) is 5.59. The second-order valence-electron chi connectivity index (χ2n) is 5.23. The van der Waals surface area contributed by atoms with E-state index in [1.807, 2.05) is 10.9 Å². The predicted molar refractivity (Wildman–Crippen MR) is 67.0 cm³/mol. The van der Waals surface area contributed by atoms with E-state index in [0.717, 1.165) is 0 Å². The van der Waals surface area contributed by atoms with Gasteiger partial charge >= 0.3 is 0 Å². The summed E-state index contributed by atoms with van der Waals surface area (Å²) in [5.41, 5.74) is 3.81. The van der Waals surface area contributed by atoms with Crippen molar-refractivity contribution >= 4 is 0 Å². The topological polar surface area (TPSA) is 17.8 Å². The molecule has 1 aromatic heterocycles. The standard InChI is InChI=1S/C14H18N2/c1-11-9-15-16(10-11)13-8-6-5-7-12(13)14(2,3)4/h5-10H,1-4H3. The largest absolute Gasteiger partial charge is 0.240 e. The number of nitrogens with zero attached hydrogens (tertiary/aromatic N) is 2. The Morgan fingerprint density at radius 3 is 2.38 bits per heavy atom. The SMILES string of the molecule is Cc1cnn(-c2ccccc2C(C)(C)C)c1. The van der Waals surface area contributed by atoms with E-state index >= 15 is 0 Å². The summed E-state index contributed by atoms with van der Waals surface area (Å²) in [4.78, 5) is 0. The zero-order valence-corrected chi connectivity index (χ0v) is 10.4. The zero-order valence-electron chi connectivity index (χ0n) is 10.4. The summed E-state index contributed by atoms with van der Waals surface area (Å²) < 4.78 is 1.95. The lowest BCUT2D eigenvalue weighted by Gasteiger charge is -2.22. The van der Waals surface area contributed by atoms with Crippen LogP contribution in [0.2, 0.25) is 0 Å². The van der Waals surface area contributed by atoms with Gasteiger partial charge in [0.15, 0.2) is 0 Å². The molecule has 0 bridgehead atoms. The lowest BCUT2D eigenvalue weighted by atomic mass is 9.86. The van der Waals surface area contributed by atoms with Crippen LogP contribution < -0.4 is 0 Å². The van der Waals surface area contributed by atoms with Crippen molar-refractivity contribution in [2.45, 2.75) is 33.1 Å². The second-order valence-corrected chi connectivity index (χ2v) is 5.23. The third-order valence-electron chi connectivity index (χ3n) is 2.67. The minimum atomic E-state index is 0.135. The summed E-state index contributed by atoms with van der Waals surface area (Å²) in [5.74, 6) is 0. The Morgan fingerprint density at radius 1 is 1.12 bits per heavy atom. The van der Waals surface area contributed by atoms with Gasteiger partial charge in [-0.25, -0.2) is 4.68 Å². The predicted octanol–water partition coefficient (Wildman–Crippen LogP) is 3.48. The first-order chi connectivity index (χ1) is 7.48. The van der Waals surface area contributed by atoms with Crippen molar-refractivity contribution in [3.8, 4) is 5.69 Å². The van der Waals surface area contributed by atoms with E-state index in [1.54, 1.807) is 0 Å². The molecule has 1 heterocycles. The summed E-state index contributed by atoms with van der Waals surface area (Å²) in [6, 6.07) is 8.43. The molecule has 2 heteroatoms. The normalized spacial score (nSPS) is 11.8. The van der Waals surface area contributed by atoms with Crippen molar-refractivity contribution in [2.24, 2.45) is 0 Å². The molecule has 0 unspecified atom stereocenters. The Bertz CT molecular complexity index is 489. The Hall–Kier alpha value is -1.57. The second kappa shape index (κ2) is 3.78. The molecule has 2 rings (SSSR count). The molecule has 84 valence electrons. The van der Waals surface area contributed by atoms with Gasteiger partial charge < -0.3 is 0 Å². The van der Waals surface area contributed by atoms with Crippen LogP contribution in [0.5, 0.6) is 0 Å². The Balaban J connectivity index is 2.57. The van der Waals surface area contributed by atoms with Crippen LogP contribution in [0, 0.1) is 6.92 Å². The molecule has 0 radical (unpaired) electrons. The molecule has 0 saturated heterocycles. The molecule has 0 amide bonds. The van der Waals surface area contributed by atoms with Crippen LogP contribution in [0.1, 0.15) is 31.9 Å².